The minimum Gasteiger partial charge on any atom is -0.493 e. The van der Waals surface area contributed by atoms with Gasteiger partial charge in [-0.1, -0.05) is 28.1 Å². The number of alkyl halides is 1. The van der Waals surface area contributed by atoms with E-state index in [2.05, 4.69) is 47.8 Å². The number of methoxy groups -OCH3 is 1. The third kappa shape index (κ3) is 3.99. The van der Waals surface area contributed by atoms with Gasteiger partial charge in [-0.2, -0.15) is 0 Å². The second kappa shape index (κ2) is 7.61. The first kappa shape index (κ1) is 16.8. The van der Waals surface area contributed by atoms with E-state index in [-0.39, 0.29) is 12.4 Å². The standard InChI is InChI=1S/C15H12Br3FO2/c1-20-13-6-9(7-16)5-11(17)15(13)21-8-10-3-2-4-12(19)14(10)18/h2-6H,7-8H2,1H3. The van der Waals surface area contributed by atoms with Crippen LogP contribution in [-0.2, 0) is 11.9 Å². The van der Waals surface area contributed by atoms with E-state index >= 15 is 0 Å². The average molecular weight is 483 g/mol. The van der Waals surface area contributed by atoms with Crippen LogP contribution in [0.4, 0.5) is 4.39 Å². The maximum Gasteiger partial charge on any atom is 0.175 e. The fraction of sp³-hybridized carbons (Fsp3) is 0.200. The third-order valence-electron chi connectivity index (χ3n) is 2.85. The SMILES string of the molecule is COc1cc(CBr)cc(Br)c1OCc1cccc(F)c1Br. The summed E-state index contributed by atoms with van der Waals surface area (Å²) in [6.07, 6.45) is 0. The molecule has 0 aliphatic rings. The molecule has 112 valence electrons. The predicted octanol–water partition coefficient (Wildman–Crippen LogP) is 5.83. The lowest BCUT2D eigenvalue weighted by atomic mass is 10.2. The average Bonchev–Trinajstić information content (AvgIpc) is 2.49. The molecule has 2 rings (SSSR count). The lowest BCUT2D eigenvalue weighted by molar-refractivity contribution is 0.281. The summed E-state index contributed by atoms with van der Waals surface area (Å²) in [6.45, 7) is 0.237. The molecule has 0 radical (unpaired) electrons. The zero-order valence-corrected chi connectivity index (χ0v) is 15.9. The van der Waals surface area contributed by atoms with Crippen LogP contribution in [0.1, 0.15) is 11.1 Å². The minimum atomic E-state index is -0.309. The Morgan fingerprint density at radius 2 is 1.95 bits per heavy atom. The van der Waals surface area contributed by atoms with Gasteiger partial charge in [0.05, 0.1) is 16.1 Å². The highest BCUT2D eigenvalue weighted by molar-refractivity contribution is 9.11. The third-order valence-corrected chi connectivity index (χ3v) is 4.97. The van der Waals surface area contributed by atoms with Gasteiger partial charge in [0, 0.05) is 10.9 Å². The van der Waals surface area contributed by atoms with Gasteiger partial charge in [-0.15, -0.1) is 0 Å². The van der Waals surface area contributed by atoms with Crippen molar-refractivity contribution in [3.8, 4) is 11.5 Å². The van der Waals surface area contributed by atoms with Crippen molar-refractivity contribution in [2.45, 2.75) is 11.9 Å². The fourth-order valence-electron chi connectivity index (χ4n) is 1.80. The number of benzene rings is 2. The van der Waals surface area contributed by atoms with Crippen molar-refractivity contribution in [3.05, 3.63) is 56.2 Å². The molecular weight excluding hydrogens is 471 g/mol. The molecule has 0 aliphatic heterocycles. The van der Waals surface area contributed by atoms with Crippen LogP contribution in [-0.4, -0.2) is 7.11 Å². The van der Waals surface area contributed by atoms with Crippen LogP contribution in [0.15, 0.2) is 39.3 Å². The van der Waals surface area contributed by atoms with Crippen LogP contribution in [0.5, 0.6) is 11.5 Å². The van der Waals surface area contributed by atoms with Crippen molar-refractivity contribution in [3.63, 3.8) is 0 Å². The first-order valence-electron chi connectivity index (χ1n) is 6.05. The molecule has 0 saturated heterocycles. The van der Waals surface area contributed by atoms with E-state index in [0.29, 0.717) is 16.0 Å². The molecular formula is C15H12Br3FO2. The lowest BCUT2D eigenvalue weighted by Gasteiger charge is -2.14. The van der Waals surface area contributed by atoms with Crippen LogP contribution in [0, 0.1) is 5.82 Å². The van der Waals surface area contributed by atoms with E-state index in [1.165, 1.54) is 6.07 Å². The number of hydrogen-bond donors (Lipinski definition) is 0. The quantitative estimate of drug-likeness (QED) is 0.499. The Kier molecular flexibility index (Phi) is 6.08. The molecule has 2 aromatic carbocycles. The number of hydrogen-bond acceptors (Lipinski definition) is 2. The first-order valence-corrected chi connectivity index (χ1v) is 8.75. The van der Waals surface area contributed by atoms with Gasteiger partial charge in [-0.3, -0.25) is 0 Å². The summed E-state index contributed by atoms with van der Waals surface area (Å²) >= 11 is 10.1. The Hall–Kier alpha value is -0.590. The van der Waals surface area contributed by atoms with E-state index in [1.54, 1.807) is 19.2 Å². The predicted molar refractivity (Wildman–Crippen MR) is 91.8 cm³/mol. The molecule has 0 unspecified atom stereocenters. The molecule has 2 nitrogen and oxygen atoms in total. The Labute approximate surface area is 148 Å². The van der Waals surface area contributed by atoms with Crippen LogP contribution < -0.4 is 9.47 Å². The molecule has 0 N–H and O–H groups in total. The monoisotopic (exact) mass is 480 g/mol. The van der Waals surface area contributed by atoms with Gasteiger partial charge in [0.25, 0.3) is 0 Å². The van der Waals surface area contributed by atoms with E-state index in [9.17, 15) is 4.39 Å². The summed E-state index contributed by atoms with van der Waals surface area (Å²) in [5.74, 6) is 0.918. The summed E-state index contributed by atoms with van der Waals surface area (Å²) in [7, 11) is 1.59. The molecule has 0 heterocycles. The van der Waals surface area contributed by atoms with Gasteiger partial charge < -0.3 is 9.47 Å². The second-order valence-electron chi connectivity index (χ2n) is 4.24. The van der Waals surface area contributed by atoms with Gasteiger partial charge in [-0.05, 0) is 55.6 Å². The number of halogens is 4. The Balaban J connectivity index is 2.25. The molecule has 0 spiro atoms. The molecule has 0 saturated carbocycles. The highest BCUT2D eigenvalue weighted by Crippen LogP contribution is 2.38. The molecule has 6 heteroatoms. The van der Waals surface area contributed by atoms with Crippen molar-refractivity contribution < 1.29 is 13.9 Å². The van der Waals surface area contributed by atoms with E-state index in [0.717, 1.165) is 20.9 Å². The maximum absolute atomic E-state index is 13.5. The van der Waals surface area contributed by atoms with Crippen molar-refractivity contribution >= 4 is 47.8 Å². The zero-order valence-electron chi connectivity index (χ0n) is 11.1. The van der Waals surface area contributed by atoms with Crippen LogP contribution in [0.2, 0.25) is 0 Å². The fourth-order valence-corrected chi connectivity index (χ4v) is 3.11. The molecule has 0 atom stereocenters. The van der Waals surface area contributed by atoms with Crippen LogP contribution >= 0.6 is 47.8 Å². The smallest absolute Gasteiger partial charge is 0.175 e. The summed E-state index contributed by atoms with van der Waals surface area (Å²) in [5, 5.41) is 0.720. The van der Waals surface area contributed by atoms with E-state index in [1.807, 2.05) is 12.1 Å². The van der Waals surface area contributed by atoms with Crippen LogP contribution in [0.3, 0.4) is 0 Å². The van der Waals surface area contributed by atoms with Crippen molar-refractivity contribution in [1.29, 1.82) is 0 Å². The number of ether oxygens (including phenoxy) is 2. The highest BCUT2D eigenvalue weighted by atomic mass is 79.9. The van der Waals surface area contributed by atoms with Gasteiger partial charge in [0.15, 0.2) is 11.5 Å². The topological polar surface area (TPSA) is 18.5 Å². The van der Waals surface area contributed by atoms with Gasteiger partial charge >= 0.3 is 0 Å². The molecule has 0 aliphatic carbocycles. The van der Waals surface area contributed by atoms with Crippen molar-refractivity contribution in [2.24, 2.45) is 0 Å². The summed E-state index contributed by atoms with van der Waals surface area (Å²) in [5.41, 5.74) is 1.80. The van der Waals surface area contributed by atoms with Gasteiger partial charge in [0.2, 0.25) is 0 Å². The molecule has 2 aromatic rings. The zero-order chi connectivity index (χ0) is 15.4. The molecule has 0 aromatic heterocycles. The van der Waals surface area contributed by atoms with Crippen molar-refractivity contribution in [1.82, 2.24) is 0 Å². The van der Waals surface area contributed by atoms with Crippen LogP contribution in [0.25, 0.3) is 0 Å². The lowest BCUT2D eigenvalue weighted by Crippen LogP contribution is -2.01. The Morgan fingerprint density at radius 3 is 2.62 bits per heavy atom. The van der Waals surface area contributed by atoms with Gasteiger partial charge in [-0.25, -0.2) is 4.39 Å². The van der Waals surface area contributed by atoms with E-state index in [4.69, 9.17) is 9.47 Å². The minimum absolute atomic E-state index is 0.237. The molecule has 0 amide bonds. The van der Waals surface area contributed by atoms with E-state index < -0.39 is 0 Å². The molecule has 21 heavy (non-hydrogen) atoms. The summed E-state index contributed by atoms with van der Waals surface area (Å²) < 4.78 is 25.8. The maximum atomic E-state index is 13.5. The molecule has 0 bridgehead atoms. The first-order chi connectivity index (χ1) is 10.1. The normalized spacial score (nSPS) is 10.5. The summed E-state index contributed by atoms with van der Waals surface area (Å²) in [6, 6.07) is 8.71. The Morgan fingerprint density at radius 1 is 1.19 bits per heavy atom. The van der Waals surface area contributed by atoms with Crippen molar-refractivity contribution in [2.75, 3.05) is 7.11 Å². The molecule has 0 fully saturated rings. The van der Waals surface area contributed by atoms with Gasteiger partial charge in [0.1, 0.15) is 12.4 Å². The second-order valence-corrected chi connectivity index (χ2v) is 6.45. The Bertz CT molecular complexity index is 647. The summed E-state index contributed by atoms with van der Waals surface area (Å²) in [4.78, 5) is 0. The number of rotatable bonds is 5. The highest BCUT2D eigenvalue weighted by Gasteiger charge is 2.13. The largest absolute Gasteiger partial charge is 0.493 e.